The molecule has 4 heteroatoms. The quantitative estimate of drug-likeness (QED) is 0.606. The molecule has 1 rings (SSSR count). The molecule has 0 saturated carbocycles. The van der Waals surface area contributed by atoms with Crippen LogP contribution in [0.25, 0.3) is 0 Å². The van der Waals surface area contributed by atoms with E-state index in [0.29, 0.717) is 11.1 Å². The molecule has 0 heterocycles. The van der Waals surface area contributed by atoms with Crippen molar-refractivity contribution in [3.05, 3.63) is 35.5 Å². The smallest absolute Gasteiger partial charge is 0.156 e. The number of aliphatic hydroxyl groups is 1. The molecule has 0 spiro atoms. The van der Waals surface area contributed by atoms with Gasteiger partial charge in [-0.1, -0.05) is 19.9 Å². The van der Waals surface area contributed by atoms with Gasteiger partial charge in [0.15, 0.2) is 5.78 Å². The molecule has 19 heavy (non-hydrogen) atoms. The Kier molecular flexibility index (Phi) is 4.15. The topological polar surface area (TPSA) is 77.4 Å². The second-order valence-electron chi connectivity index (χ2n) is 5.66. The van der Waals surface area contributed by atoms with E-state index in [1.165, 1.54) is 12.2 Å². The van der Waals surface area contributed by atoms with Gasteiger partial charge in [-0.15, -0.1) is 0 Å². The van der Waals surface area contributed by atoms with Gasteiger partial charge in [-0.05, 0) is 43.2 Å². The average molecular weight is 263 g/mol. The van der Waals surface area contributed by atoms with Crippen molar-refractivity contribution in [3.63, 3.8) is 0 Å². The normalized spacial score (nSPS) is 27.5. The Morgan fingerprint density at radius 2 is 2.05 bits per heavy atom. The molecule has 104 valence electrons. The molecule has 1 unspecified atom stereocenters. The average Bonchev–Trinajstić information content (AvgIpc) is 2.21. The first kappa shape index (κ1) is 15.4. The second kappa shape index (κ2) is 5.13. The summed E-state index contributed by atoms with van der Waals surface area (Å²) in [6.45, 7) is 6.92. The van der Waals surface area contributed by atoms with Gasteiger partial charge in [0.05, 0.1) is 5.97 Å². The van der Waals surface area contributed by atoms with Gasteiger partial charge in [-0.25, -0.2) is 0 Å². The summed E-state index contributed by atoms with van der Waals surface area (Å²) >= 11 is 0. The van der Waals surface area contributed by atoms with Gasteiger partial charge in [-0.3, -0.25) is 4.79 Å². The van der Waals surface area contributed by atoms with Crippen molar-refractivity contribution >= 4 is 11.8 Å². The summed E-state index contributed by atoms with van der Waals surface area (Å²) in [4.78, 5) is 22.0. The van der Waals surface area contributed by atoms with Gasteiger partial charge in [0, 0.05) is 11.8 Å². The Labute approximate surface area is 113 Å². The maximum absolute atomic E-state index is 11.6. The minimum atomic E-state index is -1.28. The number of hydrogen-bond acceptors (Lipinski definition) is 4. The molecule has 0 saturated heterocycles. The number of carbonyl (C=O) groups excluding carboxylic acids is 2. The van der Waals surface area contributed by atoms with E-state index in [1.807, 2.05) is 13.8 Å². The van der Waals surface area contributed by atoms with Crippen LogP contribution in [-0.4, -0.2) is 22.5 Å². The SMILES string of the molecule is CC1=CC(=O)CC(C)(C)C1(O)/C=C/C(C)=C\C(=O)[O-]. The molecule has 0 aliphatic heterocycles. The van der Waals surface area contributed by atoms with Crippen LogP contribution in [0.2, 0.25) is 0 Å². The fourth-order valence-electron chi connectivity index (χ4n) is 2.35. The first-order chi connectivity index (χ1) is 8.58. The Hall–Kier alpha value is -1.68. The van der Waals surface area contributed by atoms with Gasteiger partial charge in [0.25, 0.3) is 0 Å². The van der Waals surface area contributed by atoms with Gasteiger partial charge in [-0.2, -0.15) is 0 Å². The number of carboxylic acids is 1. The van der Waals surface area contributed by atoms with Gasteiger partial charge in [0.1, 0.15) is 5.60 Å². The van der Waals surface area contributed by atoms with E-state index in [-0.39, 0.29) is 12.2 Å². The van der Waals surface area contributed by atoms with E-state index in [2.05, 4.69) is 0 Å². The molecule has 1 aliphatic rings. The van der Waals surface area contributed by atoms with Crippen molar-refractivity contribution in [1.82, 2.24) is 0 Å². The Bertz CT molecular complexity index is 494. The van der Waals surface area contributed by atoms with Crippen LogP contribution >= 0.6 is 0 Å². The Balaban J connectivity index is 3.15. The van der Waals surface area contributed by atoms with Gasteiger partial charge >= 0.3 is 0 Å². The molecule has 1 aliphatic carbocycles. The minimum absolute atomic E-state index is 0.0115. The monoisotopic (exact) mass is 263 g/mol. The molecule has 0 aromatic rings. The number of aliphatic carboxylic acids is 1. The zero-order valence-corrected chi connectivity index (χ0v) is 11.7. The summed E-state index contributed by atoms with van der Waals surface area (Å²) in [6, 6.07) is 0. The zero-order valence-electron chi connectivity index (χ0n) is 11.7. The lowest BCUT2D eigenvalue weighted by atomic mass is 9.64. The lowest BCUT2D eigenvalue weighted by Crippen LogP contribution is -2.48. The number of carbonyl (C=O) groups is 2. The van der Waals surface area contributed by atoms with Crippen LogP contribution in [0.5, 0.6) is 0 Å². The molecule has 0 aromatic heterocycles. The van der Waals surface area contributed by atoms with E-state index in [0.717, 1.165) is 6.08 Å². The lowest BCUT2D eigenvalue weighted by molar-refractivity contribution is -0.297. The standard InChI is InChI=1S/C15H20O4/c1-10(7-13(17)18)5-6-15(19)11(2)8-12(16)9-14(15,3)4/h5-8,19H,9H2,1-4H3,(H,17,18)/p-1/b6-5+,10-7-. The summed E-state index contributed by atoms with van der Waals surface area (Å²) < 4.78 is 0. The van der Waals surface area contributed by atoms with Crippen LogP contribution in [0.15, 0.2) is 35.5 Å². The minimum Gasteiger partial charge on any atom is -0.545 e. The molecule has 4 nitrogen and oxygen atoms in total. The van der Waals surface area contributed by atoms with E-state index >= 15 is 0 Å². The van der Waals surface area contributed by atoms with E-state index in [1.54, 1.807) is 19.9 Å². The largest absolute Gasteiger partial charge is 0.545 e. The van der Waals surface area contributed by atoms with Crippen molar-refractivity contribution in [2.45, 2.75) is 39.7 Å². The summed E-state index contributed by atoms with van der Waals surface area (Å²) in [6.07, 6.45) is 5.71. The summed E-state index contributed by atoms with van der Waals surface area (Å²) in [5.41, 5.74) is -0.872. The van der Waals surface area contributed by atoms with Crippen molar-refractivity contribution < 1.29 is 19.8 Å². The third kappa shape index (κ3) is 3.20. The second-order valence-corrected chi connectivity index (χ2v) is 5.66. The first-order valence-electron chi connectivity index (χ1n) is 6.11. The fraction of sp³-hybridized carbons (Fsp3) is 0.467. The molecular weight excluding hydrogens is 244 g/mol. The molecule has 0 aromatic carbocycles. The summed E-state index contributed by atoms with van der Waals surface area (Å²) in [5, 5.41) is 21.2. The first-order valence-corrected chi connectivity index (χ1v) is 6.11. The molecule has 1 N–H and O–H groups in total. The van der Waals surface area contributed by atoms with Gasteiger partial charge < -0.3 is 15.0 Å². The highest BCUT2D eigenvalue weighted by atomic mass is 16.4. The molecule has 1 atom stereocenters. The molecule has 0 amide bonds. The van der Waals surface area contributed by atoms with Crippen LogP contribution in [0.1, 0.15) is 34.1 Å². The Morgan fingerprint density at radius 3 is 2.53 bits per heavy atom. The number of allylic oxidation sites excluding steroid dienone is 3. The highest BCUT2D eigenvalue weighted by Gasteiger charge is 2.46. The Morgan fingerprint density at radius 1 is 1.47 bits per heavy atom. The maximum atomic E-state index is 11.6. The predicted octanol–water partition coefficient (Wildman–Crippen LogP) is 0.915. The highest BCUT2D eigenvalue weighted by molar-refractivity contribution is 5.92. The maximum Gasteiger partial charge on any atom is 0.156 e. The lowest BCUT2D eigenvalue weighted by Gasteiger charge is -2.44. The van der Waals surface area contributed by atoms with Crippen LogP contribution in [0.4, 0.5) is 0 Å². The third-order valence-electron chi connectivity index (χ3n) is 3.56. The van der Waals surface area contributed by atoms with Crippen molar-refractivity contribution in [2.75, 3.05) is 0 Å². The summed E-state index contributed by atoms with van der Waals surface area (Å²) in [5.74, 6) is -1.29. The van der Waals surface area contributed by atoms with Crippen LogP contribution in [0.3, 0.4) is 0 Å². The molecule has 0 radical (unpaired) electrons. The fourth-order valence-corrected chi connectivity index (χ4v) is 2.35. The van der Waals surface area contributed by atoms with E-state index < -0.39 is 17.0 Å². The zero-order chi connectivity index (χ0) is 14.8. The van der Waals surface area contributed by atoms with Gasteiger partial charge in [0.2, 0.25) is 0 Å². The number of ketones is 1. The van der Waals surface area contributed by atoms with Crippen LogP contribution in [-0.2, 0) is 9.59 Å². The van der Waals surface area contributed by atoms with Crippen LogP contribution in [0, 0.1) is 5.41 Å². The molecule has 0 fully saturated rings. The highest BCUT2D eigenvalue weighted by Crippen LogP contribution is 2.44. The van der Waals surface area contributed by atoms with Crippen molar-refractivity contribution in [1.29, 1.82) is 0 Å². The van der Waals surface area contributed by atoms with Crippen LogP contribution < -0.4 is 5.11 Å². The number of carboxylic acid groups (broad SMARTS) is 1. The third-order valence-corrected chi connectivity index (χ3v) is 3.56. The van der Waals surface area contributed by atoms with E-state index in [4.69, 9.17) is 0 Å². The molecular formula is C15H19O4-. The summed E-state index contributed by atoms with van der Waals surface area (Å²) in [7, 11) is 0. The number of hydrogen-bond donors (Lipinski definition) is 1. The molecule has 0 bridgehead atoms. The predicted molar refractivity (Wildman–Crippen MR) is 70.0 cm³/mol. The number of rotatable bonds is 3. The van der Waals surface area contributed by atoms with E-state index in [9.17, 15) is 19.8 Å². The van der Waals surface area contributed by atoms with Crippen molar-refractivity contribution in [2.24, 2.45) is 5.41 Å². The van der Waals surface area contributed by atoms with Crippen molar-refractivity contribution in [3.8, 4) is 0 Å².